The summed E-state index contributed by atoms with van der Waals surface area (Å²) in [5.74, 6) is 2.04. The van der Waals surface area contributed by atoms with Gasteiger partial charge in [-0.25, -0.2) is 0 Å². The summed E-state index contributed by atoms with van der Waals surface area (Å²) < 4.78 is 23.4. The van der Waals surface area contributed by atoms with Gasteiger partial charge in [0, 0.05) is 23.2 Å². The Morgan fingerprint density at radius 1 is 0.971 bits per heavy atom. The molecule has 2 aromatic carbocycles. The van der Waals surface area contributed by atoms with E-state index in [4.69, 9.17) is 42.1 Å². The van der Waals surface area contributed by atoms with Gasteiger partial charge in [-0.2, -0.15) is 4.52 Å². The Bertz CT molecular complexity index is 1350. The van der Waals surface area contributed by atoms with E-state index < -0.39 is 0 Å². The highest BCUT2D eigenvalue weighted by atomic mass is 35.5. The molecule has 10 nitrogen and oxygen atoms in total. The summed E-state index contributed by atoms with van der Waals surface area (Å²) in [6, 6.07) is 13.5. The molecule has 2 aromatic heterocycles. The highest BCUT2D eigenvalue weighted by Crippen LogP contribution is 2.32. The van der Waals surface area contributed by atoms with Crippen molar-refractivity contribution >= 4 is 34.8 Å². The fourth-order valence-electron chi connectivity index (χ4n) is 3.13. The molecule has 0 fully saturated rings. The molecule has 4 rings (SSSR count). The maximum Gasteiger partial charge on any atom is 0.258 e. The molecular formula is C23H21Cl2N5O5. The van der Waals surface area contributed by atoms with E-state index in [1.165, 1.54) is 0 Å². The Hall–Kier alpha value is -3.76. The summed E-state index contributed by atoms with van der Waals surface area (Å²) in [7, 11) is 3.14. The minimum atomic E-state index is -0.333. The second kappa shape index (κ2) is 11.1. The smallest absolute Gasteiger partial charge is 0.258 e. The van der Waals surface area contributed by atoms with E-state index in [2.05, 4.69) is 20.6 Å². The number of methoxy groups -OCH3 is 2. The lowest BCUT2D eigenvalue weighted by atomic mass is 10.2. The zero-order valence-electron chi connectivity index (χ0n) is 18.8. The number of hydrogen-bond acceptors (Lipinski definition) is 8. The van der Waals surface area contributed by atoms with Gasteiger partial charge in [0.05, 0.1) is 31.4 Å². The van der Waals surface area contributed by atoms with E-state index in [9.17, 15) is 4.79 Å². The van der Waals surface area contributed by atoms with Crippen molar-refractivity contribution in [2.75, 3.05) is 34.0 Å². The second-order valence-electron chi connectivity index (χ2n) is 7.09. The van der Waals surface area contributed by atoms with Crippen LogP contribution in [-0.2, 0) is 4.79 Å². The third-order valence-corrected chi connectivity index (χ3v) is 5.36. The predicted octanol–water partition coefficient (Wildman–Crippen LogP) is 3.69. The molecule has 0 atom stereocenters. The van der Waals surface area contributed by atoms with Crippen LogP contribution >= 0.6 is 23.2 Å². The standard InChI is InChI=1S/C23H21Cl2N5O5/c1-32-15-4-5-16(18(12-15)33-2)23-28-27-20-7-8-22(29-30(20)23)34-10-9-26-21(31)13-35-19-11-14(24)3-6-17(19)25/h3-8,11-12H,9-10,13H2,1-2H3,(H,26,31). The molecule has 0 aliphatic rings. The normalized spacial score (nSPS) is 10.7. The van der Waals surface area contributed by atoms with Crippen molar-refractivity contribution < 1.29 is 23.7 Å². The summed E-state index contributed by atoms with van der Waals surface area (Å²) in [4.78, 5) is 12.0. The molecule has 0 saturated heterocycles. The highest BCUT2D eigenvalue weighted by Gasteiger charge is 2.16. The van der Waals surface area contributed by atoms with Crippen LogP contribution in [0.2, 0.25) is 10.0 Å². The Labute approximate surface area is 210 Å². The zero-order chi connectivity index (χ0) is 24.8. The van der Waals surface area contributed by atoms with Gasteiger partial charge in [0.1, 0.15) is 23.9 Å². The minimum Gasteiger partial charge on any atom is -0.497 e. The van der Waals surface area contributed by atoms with Crippen LogP contribution in [0.5, 0.6) is 23.1 Å². The van der Waals surface area contributed by atoms with Gasteiger partial charge < -0.3 is 24.3 Å². The molecule has 35 heavy (non-hydrogen) atoms. The van der Waals surface area contributed by atoms with Crippen molar-refractivity contribution in [1.29, 1.82) is 0 Å². The lowest BCUT2D eigenvalue weighted by Gasteiger charge is -2.10. The van der Waals surface area contributed by atoms with Gasteiger partial charge in [-0.15, -0.1) is 15.3 Å². The largest absolute Gasteiger partial charge is 0.497 e. The first-order chi connectivity index (χ1) is 17.0. The molecule has 4 aromatic rings. The molecule has 0 radical (unpaired) electrons. The molecule has 12 heteroatoms. The minimum absolute atomic E-state index is 0.186. The van der Waals surface area contributed by atoms with Gasteiger partial charge in [-0.3, -0.25) is 4.79 Å². The number of aromatic nitrogens is 4. The van der Waals surface area contributed by atoms with Crippen LogP contribution in [0, 0.1) is 0 Å². The van der Waals surface area contributed by atoms with E-state index in [0.29, 0.717) is 50.2 Å². The maximum atomic E-state index is 12.0. The topological polar surface area (TPSA) is 109 Å². The van der Waals surface area contributed by atoms with Crippen molar-refractivity contribution in [3.63, 3.8) is 0 Å². The van der Waals surface area contributed by atoms with E-state index in [1.807, 2.05) is 6.07 Å². The van der Waals surface area contributed by atoms with Crippen LogP contribution in [-0.4, -0.2) is 59.7 Å². The van der Waals surface area contributed by atoms with Crippen LogP contribution in [0.15, 0.2) is 48.5 Å². The number of benzene rings is 2. The molecule has 0 bridgehead atoms. The lowest BCUT2D eigenvalue weighted by Crippen LogP contribution is -2.32. The van der Waals surface area contributed by atoms with Crippen molar-refractivity contribution in [1.82, 2.24) is 25.1 Å². The van der Waals surface area contributed by atoms with Gasteiger partial charge in [0.2, 0.25) is 5.88 Å². The van der Waals surface area contributed by atoms with Crippen LogP contribution < -0.4 is 24.3 Å². The summed E-state index contributed by atoms with van der Waals surface area (Å²) >= 11 is 11.9. The van der Waals surface area contributed by atoms with E-state index in [0.717, 1.165) is 0 Å². The SMILES string of the molecule is COc1ccc(-c2nnc3ccc(OCCNC(=O)COc4cc(Cl)ccc4Cl)nn23)c(OC)c1. The maximum absolute atomic E-state index is 12.0. The average Bonchev–Trinajstić information content (AvgIpc) is 3.29. The molecule has 182 valence electrons. The van der Waals surface area contributed by atoms with Crippen LogP contribution in [0.1, 0.15) is 0 Å². The second-order valence-corrected chi connectivity index (χ2v) is 7.94. The molecule has 0 aliphatic carbocycles. The monoisotopic (exact) mass is 517 g/mol. The number of ether oxygens (including phenoxy) is 4. The van der Waals surface area contributed by atoms with Crippen LogP contribution in [0.4, 0.5) is 0 Å². The number of nitrogens with one attached hydrogen (secondary N) is 1. The highest BCUT2D eigenvalue weighted by molar-refractivity contribution is 6.34. The molecule has 0 unspecified atom stereocenters. The van der Waals surface area contributed by atoms with Crippen LogP contribution in [0.25, 0.3) is 17.0 Å². The number of halogens is 2. The number of rotatable bonds is 10. The molecule has 1 N–H and O–H groups in total. The number of fused-ring (bicyclic) bond motifs is 1. The first-order valence-electron chi connectivity index (χ1n) is 10.4. The van der Waals surface area contributed by atoms with Gasteiger partial charge in [-0.1, -0.05) is 23.2 Å². The van der Waals surface area contributed by atoms with Gasteiger partial charge >= 0.3 is 0 Å². The first-order valence-corrected chi connectivity index (χ1v) is 11.2. The number of carbonyl (C=O) groups is 1. The Morgan fingerprint density at radius 2 is 1.83 bits per heavy atom. The van der Waals surface area contributed by atoms with Crippen molar-refractivity contribution in [2.24, 2.45) is 0 Å². The zero-order valence-corrected chi connectivity index (χ0v) is 20.3. The van der Waals surface area contributed by atoms with E-state index in [-0.39, 0.29) is 25.7 Å². The fraction of sp³-hybridized carbons (Fsp3) is 0.217. The molecule has 0 saturated carbocycles. The first kappa shape index (κ1) is 24.4. The van der Waals surface area contributed by atoms with Crippen LogP contribution in [0.3, 0.4) is 0 Å². The quantitative estimate of drug-likeness (QED) is 0.317. The number of amides is 1. The summed E-state index contributed by atoms with van der Waals surface area (Å²) in [6.45, 7) is 0.218. The molecule has 0 spiro atoms. The summed E-state index contributed by atoms with van der Waals surface area (Å²) in [5, 5.41) is 16.4. The predicted molar refractivity (Wildman–Crippen MR) is 130 cm³/mol. The van der Waals surface area contributed by atoms with Crippen molar-refractivity contribution in [3.05, 3.63) is 58.6 Å². The number of hydrogen-bond donors (Lipinski definition) is 1. The fourth-order valence-corrected chi connectivity index (χ4v) is 3.46. The van der Waals surface area contributed by atoms with Gasteiger partial charge in [0.15, 0.2) is 18.1 Å². The average molecular weight is 518 g/mol. The number of nitrogens with zero attached hydrogens (tertiary/aromatic N) is 4. The molecular weight excluding hydrogens is 497 g/mol. The number of carbonyl (C=O) groups excluding carboxylic acids is 1. The Kier molecular flexibility index (Phi) is 7.74. The van der Waals surface area contributed by atoms with Gasteiger partial charge in [-0.05, 0) is 30.3 Å². The molecule has 1 amide bonds. The third-order valence-electron chi connectivity index (χ3n) is 4.81. The lowest BCUT2D eigenvalue weighted by molar-refractivity contribution is -0.123. The van der Waals surface area contributed by atoms with E-state index >= 15 is 0 Å². The molecule has 2 heterocycles. The summed E-state index contributed by atoms with van der Waals surface area (Å²) in [6.07, 6.45) is 0. The molecule has 0 aliphatic heterocycles. The van der Waals surface area contributed by atoms with E-state index in [1.54, 1.807) is 61.2 Å². The third kappa shape index (κ3) is 5.84. The Balaban J connectivity index is 1.35. The van der Waals surface area contributed by atoms with Crippen molar-refractivity contribution in [3.8, 4) is 34.5 Å². The Morgan fingerprint density at radius 3 is 2.63 bits per heavy atom. The summed E-state index contributed by atoms with van der Waals surface area (Å²) in [5.41, 5.74) is 1.23. The van der Waals surface area contributed by atoms with Crippen molar-refractivity contribution in [2.45, 2.75) is 0 Å². The van der Waals surface area contributed by atoms with Gasteiger partial charge in [0.25, 0.3) is 5.91 Å².